The highest BCUT2D eigenvalue weighted by Gasteiger charge is 2.14. The van der Waals surface area contributed by atoms with Gasteiger partial charge in [0.25, 0.3) is 0 Å². The van der Waals surface area contributed by atoms with Gasteiger partial charge in [0.15, 0.2) is 0 Å². The molecule has 0 saturated heterocycles. The average Bonchev–Trinajstić information content (AvgIpc) is 2.49. The lowest BCUT2D eigenvalue weighted by molar-refractivity contribution is 0.0482. The molecule has 0 aliphatic carbocycles. The van der Waals surface area contributed by atoms with Crippen LogP contribution >= 0.6 is 11.6 Å². The second kappa shape index (κ2) is 9.60. The van der Waals surface area contributed by atoms with Crippen molar-refractivity contribution in [2.75, 3.05) is 33.9 Å². The first-order valence-electron chi connectivity index (χ1n) is 6.92. The summed E-state index contributed by atoms with van der Waals surface area (Å²) in [5.74, 6) is 0. The summed E-state index contributed by atoms with van der Waals surface area (Å²) in [5, 5.41) is 6.41. The third-order valence-corrected chi connectivity index (χ3v) is 3.36. The monoisotopic (exact) mass is 314 g/mol. The number of nitrogens with one attached hydrogen (secondary N) is 2. The summed E-state index contributed by atoms with van der Waals surface area (Å²) in [4.78, 5) is 11.0. The quantitative estimate of drug-likeness (QED) is 0.724. The van der Waals surface area contributed by atoms with E-state index in [-0.39, 0.29) is 6.10 Å². The summed E-state index contributed by atoms with van der Waals surface area (Å²) in [6.45, 7) is 3.69. The van der Waals surface area contributed by atoms with Gasteiger partial charge in [-0.2, -0.15) is 0 Å². The number of carbonyl (C=O) groups excluding carboxylic acids is 1. The van der Waals surface area contributed by atoms with Gasteiger partial charge in [0, 0.05) is 11.6 Å². The number of carbonyl (C=O) groups is 1. The van der Waals surface area contributed by atoms with E-state index in [9.17, 15) is 4.79 Å². The van der Waals surface area contributed by atoms with Crippen molar-refractivity contribution in [3.63, 3.8) is 0 Å². The molecule has 5 nitrogen and oxygen atoms in total. The number of amides is 1. The van der Waals surface area contributed by atoms with E-state index in [2.05, 4.69) is 15.4 Å². The van der Waals surface area contributed by atoms with Gasteiger partial charge in [-0.05, 0) is 50.2 Å². The Morgan fingerprint density at radius 3 is 2.81 bits per heavy atom. The second-order valence-electron chi connectivity index (χ2n) is 4.67. The molecular formula is C15H23ClN2O3. The highest BCUT2D eigenvalue weighted by atomic mass is 35.5. The lowest BCUT2D eigenvalue weighted by Gasteiger charge is -2.20. The Morgan fingerprint density at radius 2 is 2.14 bits per heavy atom. The molecule has 1 rings (SSSR count). The number of methoxy groups -OCH3 is 1. The Hall–Kier alpha value is -1.30. The molecule has 118 valence electrons. The number of halogens is 1. The van der Waals surface area contributed by atoms with E-state index in [4.69, 9.17) is 16.3 Å². The standard InChI is InChI=1S/C15H23ClN2O3/c1-11-4-5-12(16)10-13(11)14(6-7-17-2)21-9-8-18-15(19)20-3/h4-5,10,14,17H,6-9H2,1-3H3,(H,18,19)/t14-/m1/s1. The van der Waals surface area contributed by atoms with Gasteiger partial charge in [0.05, 0.1) is 19.8 Å². The van der Waals surface area contributed by atoms with Crippen molar-refractivity contribution in [1.82, 2.24) is 10.6 Å². The summed E-state index contributed by atoms with van der Waals surface area (Å²) in [5.41, 5.74) is 2.22. The summed E-state index contributed by atoms with van der Waals surface area (Å²) >= 11 is 6.07. The number of hydrogen-bond donors (Lipinski definition) is 2. The van der Waals surface area contributed by atoms with Crippen LogP contribution in [0.5, 0.6) is 0 Å². The van der Waals surface area contributed by atoms with E-state index in [1.54, 1.807) is 0 Å². The first-order valence-corrected chi connectivity index (χ1v) is 7.30. The van der Waals surface area contributed by atoms with E-state index >= 15 is 0 Å². The predicted octanol–water partition coefficient (Wildman–Crippen LogP) is 2.67. The van der Waals surface area contributed by atoms with Crippen molar-refractivity contribution in [3.05, 3.63) is 34.3 Å². The van der Waals surface area contributed by atoms with Gasteiger partial charge in [0.1, 0.15) is 0 Å². The van der Waals surface area contributed by atoms with Gasteiger partial charge in [-0.3, -0.25) is 0 Å². The number of hydrogen-bond acceptors (Lipinski definition) is 4. The molecular weight excluding hydrogens is 292 g/mol. The molecule has 2 N–H and O–H groups in total. The largest absolute Gasteiger partial charge is 0.453 e. The minimum absolute atomic E-state index is 0.0596. The van der Waals surface area contributed by atoms with Crippen LogP contribution in [0, 0.1) is 6.92 Å². The molecule has 1 aromatic rings. The molecule has 0 heterocycles. The fourth-order valence-electron chi connectivity index (χ4n) is 1.99. The number of ether oxygens (including phenoxy) is 2. The van der Waals surface area contributed by atoms with Gasteiger partial charge in [-0.15, -0.1) is 0 Å². The van der Waals surface area contributed by atoms with Crippen LogP contribution < -0.4 is 10.6 Å². The van der Waals surface area contributed by atoms with Crippen molar-refractivity contribution in [1.29, 1.82) is 0 Å². The number of benzene rings is 1. The molecule has 0 aliphatic rings. The van der Waals surface area contributed by atoms with Crippen LogP contribution in [-0.4, -0.2) is 39.9 Å². The molecule has 0 unspecified atom stereocenters. The summed E-state index contributed by atoms with van der Waals surface area (Å²) in [6, 6.07) is 5.79. The number of alkyl carbamates (subject to hydrolysis) is 1. The zero-order valence-electron chi connectivity index (χ0n) is 12.7. The summed E-state index contributed by atoms with van der Waals surface area (Å²) < 4.78 is 10.4. The molecule has 0 spiro atoms. The Kier molecular flexibility index (Phi) is 8.12. The SMILES string of the molecule is CNCC[C@@H](OCCNC(=O)OC)c1cc(Cl)ccc1C. The zero-order valence-corrected chi connectivity index (χ0v) is 13.5. The third-order valence-electron chi connectivity index (χ3n) is 3.12. The highest BCUT2D eigenvalue weighted by molar-refractivity contribution is 6.30. The molecule has 0 bridgehead atoms. The maximum Gasteiger partial charge on any atom is 0.406 e. The highest BCUT2D eigenvalue weighted by Crippen LogP contribution is 2.26. The first kappa shape index (κ1) is 17.8. The lowest BCUT2D eigenvalue weighted by atomic mass is 10.0. The smallest absolute Gasteiger partial charge is 0.406 e. The van der Waals surface area contributed by atoms with Crippen LogP contribution in [0.3, 0.4) is 0 Å². The normalized spacial score (nSPS) is 12.0. The molecule has 1 amide bonds. The fourth-order valence-corrected chi connectivity index (χ4v) is 2.17. The Morgan fingerprint density at radius 1 is 1.38 bits per heavy atom. The predicted molar refractivity (Wildman–Crippen MR) is 83.8 cm³/mol. The maximum atomic E-state index is 11.0. The number of rotatable bonds is 8. The zero-order chi connectivity index (χ0) is 15.7. The van der Waals surface area contributed by atoms with Crippen molar-refractivity contribution in [2.24, 2.45) is 0 Å². The van der Waals surface area contributed by atoms with Crippen LogP contribution in [0.15, 0.2) is 18.2 Å². The van der Waals surface area contributed by atoms with E-state index in [1.807, 2.05) is 32.2 Å². The average molecular weight is 315 g/mol. The van der Waals surface area contributed by atoms with E-state index in [0.29, 0.717) is 18.2 Å². The van der Waals surface area contributed by atoms with Crippen LogP contribution in [0.4, 0.5) is 4.79 Å². The van der Waals surface area contributed by atoms with Crippen LogP contribution in [-0.2, 0) is 9.47 Å². The molecule has 0 radical (unpaired) electrons. The molecule has 0 saturated carbocycles. The van der Waals surface area contributed by atoms with Crippen LogP contribution in [0.25, 0.3) is 0 Å². The lowest BCUT2D eigenvalue weighted by Crippen LogP contribution is -2.28. The van der Waals surface area contributed by atoms with Gasteiger partial charge in [-0.25, -0.2) is 4.79 Å². The van der Waals surface area contributed by atoms with Crippen molar-refractivity contribution >= 4 is 17.7 Å². The molecule has 6 heteroatoms. The van der Waals surface area contributed by atoms with E-state index < -0.39 is 6.09 Å². The first-order chi connectivity index (χ1) is 10.1. The summed E-state index contributed by atoms with van der Waals surface area (Å²) in [6.07, 6.45) is 0.315. The maximum absolute atomic E-state index is 11.0. The molecule has 0 fully saturated rings. The van der Waals surface area contributed by atoms with Crippen molar-refractivity contribution < 1.29 is 14.3 Å². The van der Waals surface area contributed by atoms with E-state index in [0.717, 1.165) is 24.1 Å². The second-order valence-corrected chi connectivity index (χ2v) is 5.11. The fraction of sp³-hybridized carbons (Fsp3) is 0.533. The van der Waals surface area contributed by atoms with E-state index in [1.165, 1.54) is 7.11 Å². The molecule has 1 aromatic carbocycles. The minimum atomic E-state index is -0.454. The topological polar surface area (TPSA) is 59.6 Å². The summed E-state index contributed by atoms with van der Waals surface area (Å²) in [7, 11) is 3.24. The van der Waals surface area contributed by atoms with Crippen LogP contribution in [0.1, 0.15) is 23.7 Å². The third kappa shape index (κ3) is 6.33. The molecule has 1 atom stereocenters. The van der Waals surface area contributed by atoms with Gasteiger partial charge in [-0.1, -0.05) is 17.7 Å². The molecule has 0 aromatic heterocycles. The van der Waals surface area contributed by atoms with Gasteiger partial charge >= 0.3 is 6.09 Å². The van der Waals surface area contributed by atoms with Crippen molar-refractivity contribution in [3.8, 4) is 0 Å². The molecule has 21 heavy (non-hydrogen) atoms. The van der Waals surface area contributed by atoms with Crippen molar-refractivity contribution in [2.45, 2.75) is 19.4 Å². The number of aryl methyl sites for hydroxylation is 1. The van der Waals surface area contributed by atoms with Crippen LogP contribution in [0.2, 0.25) is 5.02 Å². The Bertz CT molecular complexity index is 455. The Balaban J connectivity index is 2.62. The molecule has 0 aliphatic heterocycles. The minimum Gasteiger partial charge on any atom is -0.453 e. The van der Waals surface area contributed by atoms with Gasteiger partial charge in [0.2, 0.25) is 0 Å². The Labute approximate surface area is 131 Å². The van der Waals surface area contributed by atoms with Gasteiger partial charge < -0.3 is 20.1 Å².